The monoisotopic (exact) mass is 372 g/mol. The molecule has 0 saturated carbocycles. The van der Waals surface area contributed by atoms with E-state index < -0.39 is 10.6 Å². The van der Waals surface area contributed by atoms with E-state index in [1.807, 2.05) is 13.0 Å². The van der Waals surface area contributed by atoms with Crippen molar-refractivity contribution in [3.05, 3.63) is 53.6 Å². The van der Waals surface area contributed by atoms with E-state index in [1.54, 1.807) is 11.8 Å². The summed E-state index contributed by atoms with van der Waals surface area (Å²) in [6.45, 7) is 4.95. The van der Waals surface area contributed by atoms with Gasteiger partial charge >= 0.3 is 10.6 Å². The van der Waals surface area contributed by atoms with Crippen LogP contribution in [0.2, 0.25) is 0 Å². The molecule has 2 aromatic rings. The summed E-state index contributed by atoms with van der Waals surface area (Å²) in [5, 5.41) is 8.91. The molecule has 5 nitrogen and oxygen atoms in total. The van der Waals surface area contributed by atoms with E-state index in [9.17, 15) is 0 Å². The van der Waals surface area contributed by atoms with Crippen molar-refractivity contribution < 1.29 is 12.6 Å². The van der Waals surface area contributed by atoms with Crippen LogP contribution in [-0.4, -0.2) is 19.2 Å². The lowest BCUT2D eigenvalue weighted by Gasteiger charge is -2.32. The molecule has 128 valence electrons. The molecule has 1 aliphatic heterocycles. The van der Waals surface area contributed by atoms with Gasteiger partial charge in [0.05, 0.1) is 17.4 Å². The zero-order chi connectivity index (χ0) is 18.4. The van der Waals surface area contributed by atoms with Gasteiger partial charge in [-0.1, -0.05) is 30.0 Å². The Balaban J connectivity index is 0.000000511. The van der Waals surface area contributed by atoms with E-state index in [4.69, 9.17) is 17.9 Å². The third kappa shape index (κ3) is 4.72. The molecule has 0 radical (unpaired) electrons. The highest BCUT2D eigenvalue weighted by molar-refractivity contribution is 7.99. The van der Waals surface area contributed by atoms with Crippen LogP contribution < -0.4 is 4.90 Å². The van der Waals surface area contributed by atoms with Gasteiger partial charge in [-0.05, 0) is 49.8 Å². The first-order chi connectivity index (χ1) is 12.0. The second kappa shape index (κ2) is 8.51. The number of benzene rings is 2. The highest BCUT2D eigenvalue weighted by Crippen LogP contribution is 2.48. The fourth-order valence-corrected chi connectivity index (χ4v) is 3.71. The van der Waals surface area contributed by atoms with Crippen LogP contribution in [-0.2, 0) is 10.6 Å². The minimum absolute atomic E-state index is 0.725. The number of nitrogens with zero attached hydrogens (tertiary/aromatic N) is 2. The number of hydrogen-bond donors (Lipinski definition) is 0. The molecule has 25 heavy (non-hydrogen) atoms. The first-order valence-corrected chi connectivity index (χ1v) is 9.31. The van der Waals surface area contributed by atoms with Gasteiger partial charge < -0.3 is 4.90 Å². The molecule has 0 bridgehead atoms. The highest BCUT2D eigenvalue weighted by atomic mass is 32.2. The second-order valence-electron chi connectivity index (χ2n) is 5.18. The van der Waals surface area contributed by atoms with E-state index in [2.05, 4.69) is 60.4 Å². The van der Waals surface area contributed by atoms with Crippen LogP contribution in [0.15, 0.2) is 57.8 Å². The minimum atomic E-state index is -3.11. The standard InChI is InChI=1S/C18H16N2S.O3S/c1-3-20-15-6-4-5-7-17(15)21-18-11-14(8-9-16(18)20)10-13(2)12-19;1-4(2)3/h4-11H,3H2,1-2H3;/b13-10-;. The number of nitriles is 1. The van der Waals surface area contributed by atoms with Crippen molar-refractivity contribution >= 4 is 39.8 Å². The van der Waals surface area contributed by atoms with Crippen molar-refractivity contribution in [1.29, 1.82) is 5.26 Å². The Morgan fingerprint density at radius 3 is 2.44 bits per heavy atom. The third-order valence-electron chi connectivity index (χ3n) is 3.53. The summed E-state index contributed by atoms with van der Waals surface area (Å²) in [5.74, 6) is 0. The van der Waals surface area contributed by atoms with Crippen molar-refractivity contribution in [3.8, 4) is 6.07 Å². The molecule has 0 aliphatic carbocycles. The maximum Gasteiger partial charge on any atom is 0.425 e. The molecule has 0 saturated heterocycles. The number of para-hydroxylation sites is 1. The molecule has 0 atom stereocenters. The van der Waals surface area contributed by atoms with E-state index in [0.29, 0.717) is 0 Å². The summed E-state index contributed by atoms with van der Waals surface area (Å²) in [4.78, 5) is 4.87. The van der Waals surface area contributed by atoms with Gasteiger partial charge in [0.15, 0.2) is 0 Å². The lowest BCUT2D eigenvalue weighted by atomic mass is 10.1. The Morgan fingerprint density at radius 2 is 1.80 bits per heavy atom. The van der Waals surface area contributed by atoms with Crippen LogP contribution in [0.3, 0.4) is 0 Å². The van der Waals surface area contributed by atoms with Crippen LogP contribution in [0.25, 0.3) is 6.08 Å². The molecule has 0 N–H and O–H groups in total. The molecule has 7 heteroatoms. The fraction of sp³-hybridized carbons (Fsp3) is 0.167. The van der Waals surface area contributed by atoms with Crippen molar-refractivity contribution in [1.82, 2.24) is 0 Å². The van der Waals surface area contributed by atoms with Gasteiger partial charge in [-0.2, -0.15) is 5.26 Å². The molecule has 0 fully saturated rings. The quantitative estimate of drug-likeness (QED) is 0.734. The first kappa shape index (κ1) is 18.8. The minimum Gasteiger partial charge on any atom is -0.340 e. The molecule has 0 spiro atoms. The summed E-state index contributed by atoms with van der Waals surface area (Å²) >= 11 is 1.80. The van der Waals surface area contributed by atoms with Crippen molar-refractivity contribution in [3.63, 3.8) is 0 Å². The van der Waals surface area contributed by atoms with Crippen LogP contribution in [0.5, 0.6) is 0 Å². The average Bonchev–Trinajstić information content (AvgIpc) is 2.58. The molecule has 3 rings (SSSR count). The Morgan fingerprint density at radius 1 is 1.16 bits per heavy atom. The zero-order valence-corrected chi connectivity index (χ0v) is 15.4. The summed E-state index contributed by atoms with van der Waals surface area (Å²) in [5.41, 5.74) is 4.32. The number of rotatable bonds is 2. The van der Waals surface area contributed by atoms with Gasteiger partial charge in [-0.25, -0.2) is 0 Å². The second-order valence-corrected chi connectivity index (χ2v) is 6.68. The zero-order valence-electron chi connectivity index (χ0n) is 13.8. The smallest absolute Gasteiger partial charge is 0.340 e. The van der Waals surface area contributed by atoms with Gasteiger partial charge in [0.1, 0.15) is 0 Å². The van der Waals surface area contributed by atoms with E-state index in [-0.39, 0.29) is 0 Å². The number of anilines is 2. The van der Waals surface area contributed by atoms with Gasteiger partial charge in [0.2, 0.25) is 0 Å². The number of allylic oxidation sites excluding steroid dienone is 1. The predicted octanol–water partition coefficient (Wildman–Crippen LogP) is 4.23. The van der Waals surface area contributed by atoms with Crippen LogP contribution in [0, 0.1) is 11.3 Å². The maximum atomic E-state index is 8.91. The van der Waals surface area contributed by atoms with E-state index in [0.717, 1.165) is 17.7 Å². The van der Waals surface area contributed by atoms with E-state index >= 15 is 0 Å². The van der Waals surface area contributed by atoms with E-state index in [1.165, 1.54) is 21.2 Å². The fourth-order valence-electron chi connectivity index (χ4n) is 2.56. The molecule has 1 aliphatic rings. The predicted molar refractivity (Wildman–Crippen MR) is 98.6 cm³/mol. The first-order valence-electron chi connectivity index (χ1n) is 7.50. The van der Waals surface area contributed by atoms with Gasteiger partial charge in [-0.15, -0.1) is 12.6 Å². The van der Waals surface area contributed by atoms with Crippen molar-refractivity contribution in [2.24, 2.45) is 0 Å². The maximum absolute atomic E-state index is 8.91. The Bertz CT molecular complexity index is 954. The lowest BCUT2D eigenvalue weighted by molar-refractivity contribution is 0.559. The molecular weight excluding hydrogens is 356 g/mol. The SMILES string of the molecule is CCN1c2ccccc2Sc2cc(/C=C(/C)C#N)ccc21.O=S(=O)=O. The molecule has 0 unspecified atom stereocenters. The van der Waals surface area contributed by atoms with Crippen LogP contribution in [0.1, 0.15) is 19.4 Å². The Labute approximate surface area is 152 Å². The lowest BCUT2D eigenvalue weighted by Crippen LogP contribution is -2.19. The van der Waals surface area contributed by atoms with Crippen LogP contribution in [0.4, 0.5) is 11.4 Å². The average molecular weight is 372 g/mol. The normalized spacial score (nSPS) is 12.2. The van der Waals surface area contributed by atoms with Crippen molar-refractivity contribution in [2.45, 2.75) is 23.6 Å². The highest BCUT2D eigenvalue weighted by Gasteiger charge is 2.21. The summed E-state index contributed by atoms with van der Waals surface area (Å²) in [7, 11) is -3.11. The summed E-state index contributed by atoms with van der Waals surface area (Å²) in [6, 6.07) is 17.1. The van der Waals surface area contributed by atoms with Gasteiger partial charge in [0, 0.05) is 21.9 Å². The molecule has 0 aromatic heterocycles. The molecular formula is C18H16N2O3S2. The van der Waals surface area contributed by atoms with Crippen molar-refractivity contribution in [2.75, 3.05) is 11.4 Å². The third-order valence-corrected chi connectivity index (χ3v) is 4.64. The summed E-state index contributed by atoms with van der Waals surface area (Å²) in [6.07, 6.45) is 1.93. The largest absolute Gasteiger partial charge is 0.425 e. The molecule has 0 amide bonds. The Hall–Kier alpha value is -2.56. The number of hydrogen-bond acceptors (Lipinski definition) is 6. The van der Waals surface area contributed by atoms with Gasteiger partial charge in [0.25, 0.3) is 0 Å². The number of fused-ring (bicyclic) bond motifs is 2. The van der Waals surface area contributed by atoms with Crippen LogP contribution >= 0.6 is 11.8 Å². The topological polar surface area (TPSA) is 78.2 Å². The molecule has 2 aromatic carbocycles. The Kier molecular flexibility index (Phi) is 6.39. The van der Waals surface area contributed by atoms with Gasteiger partial charge in [-0.3, -0.25) is 0 Å². The molecule has 1 heterocycles. The summed E-state index contributed by atoms with van der Waals surface area (Å²) < 4.78 is 25.3.